The van der Waals surface area contributed by atoms with Crippen LogP contribution in [0.2, 0.25) is 0 Å². The lowest BCUT2D eigenvalue weighted by molar-refractivity contribution is 0.375. The van der Waals surface area contributed by atoms with E-state index in [9.17, 15) is 13.2 Å². The van der Waals surface area contributed by atoms with Crippen molar-refractivity contribution in [3.05, 3.63) is 108 Å². The van der Waals surface area contributed by atoms with Gasteiger partial charge in [0, 0.05) is 11.1 Å². The molecule has 1 fully saturated rings. The molecule has 3 heteroatoms. The average molecular weight is 447 g/mol. The zero-order chi connectivity index (χ0) is 23.4. The Labute approximate surface area is 194 Å². The normalized spacial score (nSPS) is 18.2. The second-order valence-corrected chi connectivity index (χ2v) is 8.89. The maximum absolute atomic E-state index is 15.0. The van der Waals surface area contributed by atoms with Gasteiger partial charge in [-0.05, 0) is 78.7 Å². The summed E-state index contributed by atoms with van der Waals surface area (Å²) in [5.74, 6) is -0.965. The van der Waals surface area contributed by atoms with Crippen molar-refractivity contribution in [1.82, 2.24) is 0 Å². The Kier molecular flexibility index (Phi) is 7.17. The number of hydrogen-bond acceptors (Lipinski definition) is 0. The lowest BCUT2D eigenvalue weighted by Crippen LogP contribution is -2.11. The van der Waals surface area contributed by atoms with Gasteiger partial charge in [-0.15, -0.1) is 13.2 Å². The fraction of sp³-hybridized carbons (Fsp3) is 0.267. The molecule has 4 rings (SSSR count). The molecule has 0 N–H and O–H groups in total. The summed E-state index contributed by atoms with van der Waals surface area (Å²) >= 11 is 0. The third-order valence-electron chi connectivity index (χ3n) is 6.86. The SMILES string of the molecule is C=CCCc1ccc(-c2ccc(-c3ccc(C4CCC(C=C)CC4)cc3F)cc2)c(F)c1F. The lowest BCUT2D eigenvalue weighted by Gasteiger charge is -2.27. The fourth-order valence-corrected chi connectivity index (χ4v) is 4.80. The summed E-state index contributed by atoms with van der Waals surface area (Å²) in [6.45, 7) is 7.51. The zero-order valence-corrected chi connectivity index (χ0v) is 18.8. The first kappa shape index (κ1) is 23.1. The first-order valence-electron chi connectivity index (χ1n) is 11.6. The van der Waals surface area contributed by atoms with E-state index in [-0.39, 0.29) is 11.4 Å². The van der Waals surface area contributed by atoms with E-state index in [4.69, 9.17) is 0 Å². The van der Waals surface area contributed by atoms with Crippen LogP contribution in [0.3, 0.4) is 0 Å². The molecule has 0 bridgehead atoms. The van der Waals surface area contributed by atoms with Gasteiger partial charge in [0.2, 0.25) is 0 Å². The van der Waals surface area contributed by atoms with E-state index in [1.165, 1.54) is 0 Å². The minimum atomic E-state index is -0.856. The molecule has 0 spiro atoms. The highest BCUT2D eigenvalue weighted by Crippen LogP contribution is 2.38. The number of rotatable bonds is 7. The summed E-state index contributed by atoms with van der Waals surface area (Å²) < 4.78 is 44.1. The molecule has 33 heavy (non-hydrogen) atoms. The molecular weight excluding hydrogens is 417 g/mol. The molecule has 1 aliphatic carbocycles. The van der Waals surface area contributed by atoms with Crippen LogP contribution in [0.25, 0.3) is 22.3 Å². The van der Waals surface area contributed by atoms with Gasteiger partial charge in [0.1, 0.15) is 5.82 Å². The van der Waals surface area contributed by atoms with Gasteiger partial charge in [-0.1, -0.05) is 60.7 Å². The van der Waals surface area contributed by atoms with E-state index < -0.39 is 11.6 Å². The van der Waals surface area contributed by atoms with Gasteiger partial charge >= 0.3 is 0 Å². The molecule has 170 valence electrons. The summed E-state index contributed by atoms with van der Waals surface area (Å²) in [5.41, 5.74) is 3.37. The number of hydrogen-bond donors (Lipinski definition) is 0. The predicted molar refractivity (Wildman–Crippen MR) is 131 cm³/mol. The molecule has 0 saturated heterocycles. The number of benzene rings is 3. The van der Waals surface area contributed by atoms with Crippen LogP contribution < -0.4 is 0 Å². The summed E-state index contributed by atoms with van der Waals surface area (Å²) in [4.78, 5) is 0. The van der Waals surface area contributed by atoms with Gasteiger partial charge in [0.25, 0.3) is 0 Å². The largest absolute Gasteiger partial charge is 0.206 e. The molecule has 3 aromatic carbocycles. The number of halogens is 3. The lowest BCUT2D eigenvalue weighted by atomic mass is 9.78. The molecule has 0 heterocycles. The van der Waals surface area contributed by atoms with Crippen molar-refractivity contribution in [3.63, 3.8) is 0 Å². The van der Waals surface area contributed by atoms with E-state index in [1.807, 2.05) is 18.2 Å². The Balaban J connectivity index is 1.53. The van der Waals surface area contributed by atoms with Crippen molar-refractivity contribution < 1.29 is 13.2 Å². The number of aryl methyl sites for hydroxylation is 1. The quantitative estimate of drug-likeness (QED) is 0.318. The average Bonchev–Trinajstić information content (AvgIpc) is 2.85. The van der Waals surface area contributed by atoms with E-state index in [0.717, 1.165) is 31.2 Å². The van der Waals surface area contributed by atoms with Gasteiger partial charge in [0.15, 0.2) is 11.6 Å². The third-order valence-corrected chi connectivity index (χ3v) is 6.86. The summed E-state index contributed by atoms with van der Waals surface area (Å²) in [5, 5.41) is 0. The van der Waals surface area contributed by atoms with Gasteiger partial charge in [-0.25, -0.2) is 13.2 Å². The van der Waals surface area contributed by atoms with E-state index in [1.54, 1.807) is 48.5 Å². The van der Waals surface area contributed by atoms with Crippen LogP contribution in [0.1, 0.15) is 49.1 Å². The van der Waals surface area contributed by atoms with E-state index in [2.05, 4.69) is 13.2 Å². The zero-order valence-electron chi connectivity index (χ0n) is 18.8. The highest BCUT2D eigenvalue weighted by Gasteiger charge is 2.21. The standard InChI is InChI=1S/C30H29F3/c1-3-5-6-24-15-18-27(30(33)29(24)32)23-13-11-22(12-14-23)26-17-16-25(19-28(26)31)21-9-7-20(4-2)8-10-21/h3-4,11-21H,1-2,5-10H2. The molecule has 1 aliphatic rings. The Bertz CT molecular complexity index is 1140. The molecule has 1 saturated carbocycles. The molecule has 0 radical (unpaired) electrons. The first-order valence-corrected chi connectivity index (χ1v) is 11.6. The molecule has 0 atom stereocenters. The van der Waals surface area contributed by atoms with Crippen LogP contribution >= 0.6 is 0 Å². The second kappa shape index (κ2) is 10.2. The van der Waals surface area contributed by atoms with Crippen molar-refractivity contribution in [3.8, 4) is 22.3 Å². The minimum Gasteiger partial charge on any atom is -0.206 e. The molecule has 0 nitrogen and oxygen atoms in total. The Morgan fingerprint density at radius 1 is 0.758 bits per heavy atom. The highest BCUT2D eigenvalue weighted by atomic mass is 19.2. The van der Waals surface area contributed by atoms with Gasteiger partial charge < -0.3 is 0 Å². The van der Waals surface area contributed by atoms with Gasteiger partial charge in [-0.3, -0.25) is 0 Å². The predicted octanol–water partition coefficient (Wildman–Crippen LogP) is 9.02. The highest BCUT2D eigenvalue weighted by molar-refractivity contribution is 5.71. The van der Waals surface area contributed by atoms with Crippen LogP contribution in [0, 0.1) is 23.4 Å². The molecule has 0 amide bonds. The first-order chi connectivity index (χ1) is 16.0. The van der Waals surface area contributed by atoms with Crippen molar-refractivity contribution in [2.24, 2.45) is 5.92 Å². The van der Waals surface area contributed by atoms with Crippen LogP contribution in [0.15, 0.2) is 79.9 Å². The Morgan fingerprint density at radius 3 is 2.00 bits per heavy atom. The van der Waals surface area contributed by atoms with Crippen molar-refractivity contribution in [2.75, 3.05) is 0 Å². The van der Waals surface area contributed by atoms with E-state index >= 15 is 0 Å². The van der Waals surface area contributed by atoms with Crippen LogP contribution in [-0.2, 0) is 6.42 Å². The van der Waals surface area contributed by atoms with Crippen LogP contribution in [-0.4, -0.2) is 0 Å². The maximum Gasteiger partial charge on any atom is 0.166 e. The van der Waals surface area contributed by atoms with Crippen molar-refractivity contribution >= 4 is 0 Å². The second-order valence-electron chi connectivity index (χ2n) is 8.89. The monoisotopic (exact) mass is 446 g/mol. The van der Waals surface area contributed by atoms with Gasteiger partial charge in [0.05, 0.1) is 0 Å². The molecule has 0 unspecified atom stereocenters. The van der Waals surface area contributed by atoms with Crippen molar-refractivity contribution in [2.45, 2.75) is 44.4 Å². The van der Waals surface area contributed by atoms with Crippen LogP contribution in [0.5, 0.6) is 0 Å². The van der Waals surface area contributed by atoms with Gasteiger partial charge in [-0.2, -0.15) is 0 Å². The summed E-state index contributed by atoms with van der Waals surface area (Å²) in [7, 11) is 0. The summed E-state index contributed by atoms with van der Waals surface area (Å²) in [6.07, 6.45) is 9.03. The smallest absolute Gasteiger partial charge is 0.166 e. The minimum absolute atomic E-state index is 0.201. The third kappa shape index (κ3) is 4.98. The topological polar surface area (TPSA) is 0 Å². The molecule has 0 aliphatic heterocycles. The Hall–Kier alpha value is -3.07. The van der Waals surface area contributed by atoms with Crippen LogP contribution in [0.4, 0.5) is 13.2 Å². The summed E-state index contributed by atoms with van der Waals surface area (Å²) in [6, 6.07) is 15.6. The maximum atomic E-state index is 15.0. The fourth-order valence-electron chi connectivity index (χ4n) is 4.80. The molecular formula is C30H29F3. The molecule has 0 aromatic heterocycles. The Morgan fingerprint density at radius 2 is 1.39 bits per heavy atom. The van der Waals surface area contributed by atoms with Crippen molar-refractivity contribution in [1.29, 1.82) is 0 Å². The van der Waals surface area contributed by atoms with E-state index in [0.29, 0.717) is 46.9 Å². The molecule has 3 aromatic rings. The number of allylic oxidation sites excluding steroid dienone is 2.